The maximum absolute atomic E-state index is 12.4. The standard InChI is InChI=1S/C22H24N4OS/c1-15(17-8-10-19(11-9-17)18-6-4-3-5-7-18)23-21(27)14-28-22-25-24-16(2)26(22)20-12-13-20/h3-11,15,20H,12-14H2,1-2H3,(H,23,27). The van der Waals surface area contributed by atoms with Crippen LogP contribution in [0.5, 0.6) is 0 Å². The van der Waals surface area contributed by atoms with E-state index in [2.05, 4.69) is 56.5 Å². The molecule has 1 saturated carbocycles. The number of rotatable bonds is 7. The third-order valence-electron chi connectivity index (χ3n) is 4.97. The molecule has 0 aliphatic heterocycles. The zero-order chi connectivity index (χ0) is 19.5. The molecule has 0 bridgehead atoms. The van der Waals surface area contributed by atoms with Gasteiger partial charge in [0.2, 0.25) is 5.91 Å². The van der Waals surface area contributed by atoms with E-state index < -0.39 is 0 Å². The molecule has 1 amide bonds. The van der Waals surface area contributed by atoms with Gasteiger partial charge in [-0.05, 0) is 43.4 Å². The molecular formula is C22H24N4OS. The molecule has 28 heavy (non-hydrogen) atoms. The number of nitrogens with zero attached hydrogens (tertiary/aromatic N) is 3. The molecule has 1 aliphatic carbocycles. The quantitative estimate of drug-likeness (QED) is 0.599. The molecule has 2 aromatic carbocycles. The lowest BCUT2D eigenvalue weighted by molar-refractivity contribution is -0.119. The molecule has 144 valence electrons. The Kier molecular flexibility index (Phi) is 5.48. The largest absolute Gasteiger partial charge is 0.349 e. The number of carbonyl (C=O) groups is 1. The van der Waals surface area contributed by atoms with E-state index in [1.165, 1.54) is 35.7 Å². The molecule has 1 atom stereocenters. The van der Waals surface area contributed by atoms with Crippen molar-refractivity contribution in [2.24, 2.45) is 0 Å². The minimum absolute atomic E-state index is 0.00707. The predicted octanol–water partition coefficient (Wildman–Crippen LogP) is 4.56. The number of nitrogens with one attached hydrogen (secondary N) is 1. The first-order valence-corrected chi connectivity index (χ1v) is 10.6. The lowest BCUT2D eigenvalue weighted by Gasteiger charge is -2.15. The van der Waals surface area contributed by atoms with Crippen molar-refractivity contribution in [2.45, 2.75) is 43.9 Å². The Morgan fingerprint density at radius 2 is 1.79 bits per heavy atom. The van der Waals surface area contributed by atoms with E-state index in [0.29, 0.717) is 11.8 Å². The average molecular weight is 393 g/mol. The van der Waals surface area contributed by atoms with Crippen LogP contribution >= 0.6 is 11.8 Å². The summed E-state index contributed by atoms with van der Waals surface area (Å²) in [5.41, 5.74) is 3.46. The van der Waals surface area contributed by atoms with Gasteiger partial charge in [0.25, 0.3) is 0 Å². The van der Waals surface area contributed by atoms with Gasteiger partial charge in [-0.1, -0.05) is 66.4 Å². The Balaban J connectivity index is 1.33. The van der Waals surface area contributed by atoms with Crippen molar-refractivity contribution in [3.05, 3.63) is 66.0 Å². The van der Waals surface area contributed by atoms with Crippen LogP contribution in [-0.2, 0) is 4.79 Å². The van der Waals surface area contributed by atoms with Gasteiger partial charge in [0, 0.05) is 6.04 Å². The van der Waals surface area contributed by atoms with Gasteiger partial charge in [0.05, 0.1) is 11.8 Å². The molecule has 1 aromatic heterocycles. The molecule has 1 N–H and O–H groups in total. The highest BCUT2D eigenvalue weighted by molar-refractivity contribution is 7.99. The number of hydrogen-bond donors (Lipinski definition) is 1. The SMILES string of the molecule is Cc1nnc(SCC(=O)NC(C)c2ccc(-c3ccccc3)cc2)n1C1CC1. The molecule has 0 saturated heterocycles. The highest BCUT2D eigenvalue weighted by atomic mass is 32.2. The maximum atomic E-state index is 12.4. The van der Waals surface area contributed by atoms with E-state index in [-0.39, 0.29) is 11.9 Å². The number of benzene rings is 2. The normalized spacial score (nSPS) is 14.6. The summed E-state index contributed by atoms with van der Waals surface area (Å²) in [5, 5.41) is 12.3. The number of thioether (sulfide) groups is 1. The van der Waals surface area contributed by atoms with Crippen molar-refractivity contribution < 1.29 is 4.79 Å². The predicted molar refractivity (Wildman–Crippen MR) is 112 cm³/mol. The third-order valence-corrected chi connectivity index (χ3v) is 5.92. The minimum atomic E-state index is -0.0408. The lowest BCUT2D eigenvalue weighted by atomic mass is 10.0. The summed E-state index contributed by atoms with van der Waals surface area (Å²) in [6, 6.07) is 19.1. The van der Waals surface area contributed by atoms with Crippen LogP contribution in [0.1, 0.15) is 43.2 Å². The maximum Gasteiger partial charge on any atom is 0.230 e. The van der Waals surface area contributed by atoms with E-state index in [1.54, 1.807) is 0 Å². The van der Waals surface area contributed by atoms with Gasteiger partial charge >= 0.3 is 0 Å². The fourth-order valence-corrected chi connectivity index (χ4v) is 4.16. The molecule has 6 heteroatoms. The Hall–Kier alpha value is -2.60. The van der Waals surface area contributed by atoms with Crippen LogP contribution in [0.15, 0.2) is 59.8 Å². The highest BCUT2D eigenvalue weighted by Crippen LogP contribution is 2.38. The molecule has 0 radical (unpaired) electrons. The average Bonchev–Trinajstić information content (AvgIpc) is 3.49. The van der Waals surface area contributed by atoms with Crippen LogP contribution in [0.4, 0.5) is 0 Å². The van der Waals surface area contributed by atoms with Crippen LogP contribution in [-0.4, -0.2) is 26.4 Å². The van der Waals surface area contributed by atoms with Crippen LogP contribution in [0.2, 0.25) is 0 Å². The second kappa shape index (κ2) is 8.19. The highest BCUT2D eigenvalue weighted by Gasteiger charge is 2.28. The Morgan fingerprint density at radius 3 is 2.46 bits per heavy atom. The van der Waals surface area contributed by atoms with Gasteiger partial charge in [0.1, 0.15) is 5.82 Å². The van der Waals surface area contributed by atoms with Gasteiger partial charge in [-0.3, -0.25) is 4.79 Å². The molecule has 1 unspecified atom stereocenters. The zero-order valence-electron chi connectivity index (χ0n) is 16.1. The van der Waals surface area contributed by atoms with Gasteiger partial charge in [-0.15, -0.1) is 10.2 Å². The number of hydrogen-bond acceptors (Lipinski definition) is 4. The second-order valence-electron chi connectivity index (χ2n) is 7.20. The summed E-state index contributed by atoms with van der Waals surface area (Å²) in [7, 11) is 0. The van der Waals surface area contributed by atoms with Gasteiger partial charge in [0.15, 0.2) is 5.16 Å². The Morgan fingerprint density at radius 1 is 1.11 bits per heavy atom. The molecule has 1 fully saturated rings. The van der Waals surface area contributed by atoms with Crippen LogP contribution in [0, 0.1) is 6.92 Å². The van der Waals surface area contributed by atoms with Gasteiger partial charge in [-0.2, -0.15) is 0 Å². The van der Waals surface area contributed by atoms with E-state index in [4.69, 9.17) is 0 Å². The van der Waals surface area contributed by atoms with Crippen LogP contribution in [0.25, 0.3) is 11.1 Å². The van der Waals surface area contributed by atoms with E-state index in [0.717, 1.165) is 16.5 Å². The molecule has 1 aliphatic rings. The van der Waals surface area contributed by atoms with Crippen molar-refractivity contribution in [1.29, 1.82) is 0 Å². The first-order chi connectivity index (χ1) is 13.6. The molecule has 5 nitrogen and oxygen atoms in total. The van der Waals surface area contributed by atoms with Gasteiger partial charge in [-0.25, -0.2) is 0 Å². The summed E-state index contributed by atoms with van der Waals surface area (Å²) in [6.07, 6.45) is 2.35. The number of aromatic nitrogens is 3. The fraction of sp³-hybridized carbons (Fsp3) is 0.318. The molecule has 4 rings (SSSR count). The topological polar surface area (TPSA) is 59.8 Å². The first-order valence-electron chi connectivity index (χ1n) is 9.61. The molecule has 0 spiro atoms. The number of amides is 1. The van der Waals surface area contributed by atoms with E-state index in [1.807, 2.05) is 32.0 Å². The second-order valence-corrected chi connectivity index (χ2v) is 8.14. The van der Waals surface area contributed by atoms with Crippen molar-refractivity contribution in [2.75, 3.05) is 5.75 Å². The smallest absolute Gasteiger partial charge is 0.230 e. The summed E-state index contributed by atoms with van der Waals surface area (Å²) in [5.74, 6) is 1.28. The van der Waals surface area contributed by atoms with Crippen molar-refractivity contribution in [3.8, 4) is 11.1 Å². The zero-order valence-corrected chi connectivity index (χ0v) is 16.9. The summed E-state index contributed by atoms with van der Waals surface area (Å²) in [4.78, 5) is 12.4. The summed E-state index contributed by atoms with van der Waals surface area (Å²) >= 11 is 1.46. The molecule has 1 heterocycles. The Bertz CT molecular complexity index is 948. The summed E-state index contributed by atoms with van der Waals surface area (Å²) in [6.45, 7) is 3.98. The third kappa shape index (κ3) is 4.28. The summed E-state index contributed by atoms with van der Waals surface area (Å²) < 4.78 is 2.16. The monoisotopic (exact) mass is 392 g/mol. The van der Waals surface area contributed by atoms with Crippen LogP contribution < -0.4 is 5.32 Å². The van der Waals surface area contributed by atoms with Crippen molar-refractivity contribution in [3.63, 3.8) is 0 Å². The van der Waals surface area contributed by atoms with Crippen molar-refractivity contribution >= 4 is 17.7 Å². The molecule has 3 aromatic rings. The van der Waals surface area contributed by atoms with Crippen molar-refractivity contribution in [1.82, 2.24) is 20.1 Å². The molecular weight excluding hydrogens is 368 g/mol. The first kappa shape index (κ1) is 18.7. The minimum Gasteiger partial charge on any atom is -0.349 e. The van der Waals surface area contributed by atoms with E-state index in [9.17, 15) is 4.79 Å². The fourth-order valence-electron chi connectivity index (χ4n) is 3.29. The van der Waals surface area contributed by atoms with E-state index >= 15 is 0 Å². The lowest BCUT2D eigenvalue weighted by Crippen LogP contribution is -2.28. The Labute approximate surface area is 169 Å². The number of carbonyl (C=O) groups excluding carboxylic acids is 1. The number of aryl methyl sites for hydroxylation is 1. The van der Waals surface area contributed by atoms with Crippen LogP contribution in [0.3, 0.4) is 0 Å². The van der Waals surface area contributed by atoms with Gasteiger partial charge < -0.3 is 9.88 Å².